The Kier molecular flexibility index (Phi) is 13.4. The molecule has 4 rings (SSSR count). The number of aryl methyl sites for hydroxylation is 1. The molecule has 2 aromatic rings. The second kappa shape index (κ2) is 17.2. The first-order valence-corrected chi connectivity index (χ1v) is 17.2. The molecular weight excluding hydrogens is 572 g/mol. The van der Waals surface area contributed by atoms with Crippen molar-refractivity contribution in [3.63, 3.8) is 0 Å². The molecular formula is C37H53F2N3O3. The van der Waals surface area contributed by atoms with Crippen LogP contribution < -0.4 is 10.6 Å². The van der Waals surface area contributed by atoms with Gasteiger partial charge in [-0.2, -0.15) is 0 Å². The highest BCUT2D eigenvalue weighted by molar-refractivity contribution is 6.00. The third-order valence-electron chi connectivity index (χ3n) is 9.64. The van der Waals surface area contributed by atoms with E-state index in [1.807, 2.05) is 20.8 Å². The predicted molar refractivity (Wildman–Crippen MR) is 175 cm³/mol. The van der Waals surface area contributed by atoms with Crippen LogP contribution in [0, 0.1) is 30.4 Å². The van der Waals surface area contributed by atoms with Crippen LogP contribution in [0.4, 0.5) is 8.78 Å². The number of piperidine rings is 1. The zero-order valence-corrected chi connectivity index (χ0v) is 27.4. The van der Waals surface area contributed by atoms with Gasteiger partial charge in [-0.25, -0.2) is 8.78 Å². The van der Waals surface area contributed by atoms with Crippen molar-refractivity contribution in [3.05, 3.63) is 70.3 Å². The van der Waals surface area contributed by atoms with E-state index in [-0.39, 0.29) is 18.4 Å². The van der Waals surface area contributed by atoms with E-state index in [0.29, 0.717) is 35.7 Å². The van der Waals surface area contributed by atoms with Gasteiger partial charge in [-0.3, -0.25) is 9.59 Å². The summed E-state index contributed by atoms with van der Waals surface area (Å²) in [5.74, 6) is -0.561. The molecule has 3 N–H and O–H groups in total. The molecule has 0 aromatic heterocycles. The van der Waals surface area contributed by atoms with Crippen LogP contribution in [-0.4, -0.2) is 59.6 Å². The lowest BCUT2D eigenvalue weighted by Crippen LogP contribution is -2.56. The van der Waals surface area contributed by atoms with E-state index in [4.69, 9.17) is 0 Å². The maximum Gasteiger partial charge on any atom is 0.253 e. The summed E-state index contributed by atoms with van der Waals surface area (Å²) in [5, 5.41) is 18.1. The van der Waals surface area contributed by atoms with Crippen molar-refractivity contribution in [3.8, 4) is 0 Å². The van der Waals surface area contributed by atoms with Gasteiger partial charge >= 0.3 is 0 Å². The Morgan fingerprint density at radius 1 is 0.889 bits per heavy atom. The van der Waals surface area contributed by atoms with Gasteiger partial charge in [0.15, 0.2) is 0 Å². The van der Waals surface area contributed by atoms with E-state index < -0.39 is 29.7 Å². The molecule has 6 nitrogen and oxygen atoms in total. The van der Waals surface area contributed by atoms with Crippen LogP contribution >= 0.6 is 0 Å². The average Bonchev–Trinajstić information content (AvgIpc) is 3.02. The van der Waals surface area contributed by atoms with Gasteiger partial charge < -0.3 is 20.6 Å². The van der Waals surface area contributed by atoms with E-state index >= 15 is 0 Å². The lowest BCUT2D eigenvalue weighted by molar-refractivity contribution is 0.0589. The highest BCUT2D eigenvalue weighted by Crippen LogP contribution is 2.31. The minimum Gasteiger partial charge on any atom is -0.389 e. The number of aliphatic hydroxyl groups is 1. The molecule has 1 saturated carbocycles. The Morgan fingerprint density at radius 3 is 2.16 bits per heavy atom. The van der Waals surface area contributed by atoms with Crippen molar-refractivity contribution >= 4 is 11.8 Å². The van der Waals surface area contributed by atoms with Crippen LogP contribution in [-0.2, 0) is 6.42 Å². The molecule has 0 spiro atoms. The smallest absolute Gasteiger partial charge is 0.253 e. The number of rotatable bonds is 14. The largest absolute Gasteiger partial charge is 0.389 e. The summed E-state index contributed by atoms with van der Waals surface area (Å²) >= 11 is 0. The molecule has 248 valence electrons. The number of carbonyl (C=O) groups is 2. The van der Waals surface area contributed by atoms with Gasteiger partial charge in [0.1, 0.15) is 11.6 Å². The fraction of sp³-hybridized carbons (Fsp3) is 0.622. The summed E-state index contributed by atoms with van der Waals surface area (Å²) in [6.45, 7) is 7.97. The molecule has 1 aliphatic heterocycles. The van der Waals surface area contributed by atoms with Crippen LogP contribution in [0.25, 0.3) is 0 Å². The Balaban J connectivity index is 1.47. The molecule has 1 heterocycles. The Labute approximate surface area is 268 Å². The van der Waals surface area contributed by atoms with Crippen LogP contribution in [0.5, 0.6) is 0 Å². The van der Waals surface area contributed by atoms with Crippen molar-refractivity contribution in [1.29, 1.82) is 0 Å². The summed E-state index contributed by atoms with van der Waals surface area (Å²) in [6, 6.07) is 7.35. The Morgan fingerprint density at radius 2 is 1.53 bits per heavy atom. The van der Waals surface area contributed by atoms with Crippen molar-refractivity contribution in [1.82, 2.24) is 15.5 Å². The molecule has 1 saturated heterocycles. The molecule has 2 aliphatic rings. The first-order chi connectivity index (χ1) is 21.7. The number of carbonyl (C=O) groups excluding carboxylic acids is 2. The lowest BCUT2D eigenvalue weighted by Gasteiger charge is -2.37. The zero-order chi connectivity index (χ0) is 32.3. The average molecular weight is 626 g/mol. The van der Waals surface area contributed by atoms with Gasteiger partial charge in [0, 0.05) is 36.3 Å². The normalized spacial score (nSPS) is 20.4. The number of nitrogens with one attached hydrogen (secondary N) is 2. The minimum absolute atomic E-state index is 0.0588. The van der Waals surface area contributed by atoms with Crippen molar-refractivity contribution in [2.24, 2.45) is 11.8 Å². The van der Waals surface area contributed by atoms with Crippen molar-refractivity contribution < 1.29 is 23.5 Å². The molecule has 1 aliphatic carbocycles. The van der Waals surface area contributed by atoms with Gasteiger partial charge in [0.25, 0.3) is 11.8 Å². The third-order valence-corrected chi connectivity index (χ3v) is 9.64. The van der Waals surface area contributed by atoms with Gasteiger partial charge in [-0.05, 0) is 105 Å². The zero-order valence-electron chi connectivity index (χ0n) is 27.4. The molecule has 2 aromatic carbocycles. The molecule has 2 fully saturated rings. The second-order valence-electron chi connectivity index (χ2n) is 13.5. The van der Waals surface area contributed by atoms with E-state index in [1.165, 1.54) is 57.1 Å². The highest BCUT2D eigenvalue weighted by Gasteiger charge is 2.33. The SMILES string of the molecule is CCCN(CCC)C(=O)c1cc(C)cc(C(=O)N[C@@H](Cc2cc(F)cc(F)c2)[C@H](O)C2CCC(CCC3CCCCC3)CN2)c1. The number of amides is 2. The van der Waals surface area contributed by atoms with E-state index in [9.17, 15) is 23.5 Å². The maximum atomic E-state index is 14.1. The number of benzene rings is 2. The monoisotopic (exact) mass is 625 g/mol. The molecule has 0 radical (unpaired) electrons. The van der Waals surface area contributed by atoms with Crippen LogP contribution in [0.3, 0.4) is 0 Å². The van der Waals surface area contributed by atoms with E-state index in [2.05, 4.69) is 10.6 Å². The minimum atomic E-state index is -0.977. The fourth-order valence-corrected chi connectivity index (χ4v) is 7.27. The standard InChI is InChI=1S/C37H53F2N3O3/c1-4-15-42(16-5-2)37(45)30-18-25(3)17-29(22-30)36(44)41-34(21-28-19-31(38)23-32(39)20-28)35(43)33-14-13-27(24-40-33)12-11-26-9-7-6-8-10-26/h17-20,22-23,26-27,33-35,40,43H,4-16,21,24H2,1-3H3,(H,41,44)/t27?,33?,34-,35+/m0/s1. The second-order valence-corrected chi connectivity index (χ2v) is 13.5. The van der Waals surface area contributed by atoms with Crippen LogP contribution in [0.1, 0.15) is 116 Å². The molecule has 8 heteroatoms. The molecule has 45 heavy (non-hydrogen) atoms. The highest BCUT2D eigenvalue weighted by atomic mass is 19.1. The topological polar surface area (TPSA) is 81.7 Å². The van der Waals surface area contributed by atoms with E-state index in [0.717, 1.165) is 49.8 Å². The van der Waals surface area contributed by atoms with Gasteiger partial charge in [0.2, 0.25) is 0 Å². The summed E-state index contributed by atoms with van der Waals surface area (Å²) in [4.78, 5) is 28.8. The van der Waals surface area contributed by atoms with E-state index in [1.54, 1.807) is 23.1 Å². The van der Waals surface area contributed by atoms with Gasteiger partial charge in [-0.15, -0.1) is 0 Å². The number of aliphatic hydroxyl groups excluding tert-OH is 1. The summed E-state index contributed by atoms with van der Waals surface area (Å²) in [7, 11) is 0. The summed E-state index contributed by atoms with van der Waals surface area (Å²) in [5.41, 5.74) is 1.89. The van der Waals surface area contributed by atoms with Gasteiger partial charge in [0.05, 0.1) is 12.1 Å². The number of hydrogen-bond acceptors (Lipinski definition) is 4. The molecule has 2 unspecified atom stereocenters. The maximum absolute atomic E-state index is 14.1. The predicted octanol–water partition coefficient (Wildman–Crippen LogP) is 6.97. The van der Waals surface area contributed by atoms with Crippen molar-refractivity contribution in [2.45, 2.75) is 116 Å². The third kappa shape index (κ3) is 10.3. The number of hydrogen-bond donors (Lipinski definition) is 3. The summed E-state index contributed by atoms with van der Waals surface area (Å²) in [6.07, 6.45) is 11.7. The Hall–Kier alpha value is -2.84. The van der Waals surface area contributed by atoms with Crippen LogP contribution in [0.15, 0.2) is 36.4 Å². The first kappa shape index (κ1) is 35.0. The van der Waals surface area contributed by atoms with Gasteiger partial charge in [-0.1, -0.05) is 52.4 Å². The lowest BCUT2D eigenvalue weighted by atomic mass is 9.81. The molecule has 0 bridgehead atoms. The fourth-order valence-electron chi connectivity index (χ4n) is 7.27. The van der Waals surface area contributed by atoms with Crippen LogP contribution in [0.2, 0.25) is 0 Å². The number of nitrogens with zero attached hydrogens (tertiary/aromatic N) is 1. The Bertz CT molecular complexity index is 1230. The quantitative estimate of drug-likeness (QED) is 0.212. The first-order valence-electron chi connectivity index (χ1n) is 17.2. The number of halogens is 2. The molecule has 2 amide bonds. The van der Waals surface area contributed by atoms with Crippen molar-refractivity contribution in [2.75, 3.05) is 19.6 Å². The molecule has 4 atom stereocenters. The summed E-state index contributed by atoms with van der Waals surface area (Å²) < 4.78 is 28.2.